The Morgan fingerprint density at radius 3 is 2.16 bits per heavy atom. The maximum atomic E-state index is 12.8. The first kappa shape index (κ1) is 19.3. The molecule has 0 heterocycles. The highest BCUT2D eigenvalue weighted by molar-refractivity contribution is 7.89. The second-order valence-corrected chi connectivity index (χ2v) is 8.18. The number of nitrogens with zero attached hydrogens (tertiary/aromatic N) is 1. The smallest absolute Gasteiger partial charge is 0.243 e. The fourth-order valence-corrected chi connectivity index (χ4v) is 3.76. The van der Waals surface area contributed by atoms with Crippen LogP contribution in [0.2, 0.25) is 0 Å². The van der Waals surface area contributed by atoms with Gasteiger partial charge in [-0.1, -0.05) is 38.1 Å². The van der Waals surface area contributed by atoms with E-state index in [1.807, 2.05) is 24.3 Å². The van der Waals surface area contributed by atoms with Gasteiger partial charge in [0, 0.05) is 19.2 Å². The zero-order valence-electron chi connectivity index (χ0n) is 15.3. The highest BCUT2D eigenvalue weighted by Gasteiger charge is 2.23. The first-order valence-electron chi connectivity index (χ1n) is 8.07. The van der Waals surface area contributed by atoms with E-state index in [9.17, 15) is 8.42 Å². The Kier molecular flexibility index (Phi) is 6.08. The molecule has 0 aliphatic rings. The fraction of sp³-hybridized carbons (Fsp3) is 0.368. The van der Waals surface area contributed by atoms with E-state index in [0.717, 1.165) is 11.1 Å². The van der Waals surface area contributed by atoms with E-state index in [1.54, 1.807) is 39.5 Å². The lowest BCUT2D eigenvalue weighted by molar-refractivity contribution is 0.347. The van der Waals surface area contributed by atoms with Crippen LogP contribution in [0.5, 0.6) is 11.5 Å². The minimum Gasteiger partial charge on any atom is -0.493 e. The van der Waals surface area contributed by atoms with Gasteiger partial charge in [-0.05, 0) is 29.7 Å². The normalized spacial score (nSPS) is 11.8. The summed E-state index contributed by atoms with van der Waals surface area (Å²) in [4.78, 5) is 0.279. The molecule has 6 heteroatoms. The van der Waals surface area contributed by atoms with Crippen molar-refractivity contribution in [3.63, 3.8) is 0 Å². The fourth-order valence-electron chi connectivity index (χ4n) is 2.61. The van der Waals surface area contributed by atoms with Crippen LogP contribution < -0.4 is 9.47 Å². The van der Waals surface area contributed by atoms with Gasteiger partial charge in [0.05, 0.1) is 19.1 Å². The average molecular weight is 363 g/mol. The molecule has 0 unspecified atom stereocenters. The van der Waals surface area contributed by atoms with Crippen LogP contribution in [-0.2, 0) is 16.6 Å². The topological polar surface area (TPSA) is 55.8 Å². The van der Waals surface area contributed by atoms with Gasteiger partial charge < -0.3 is 9.47 Å². The molecule has 0 radical (unpaired) electrons. The highest BCUT2D eigenvalue weighted by Crippen LogP contribution is 2.32. The summed E-state index contributed by atoms with van der Waals surface area (Å²) in [5, 5.41) is 0. The number of sulfonamides is 1. The van der Waals surface area contributed by atoms with Crippen LogP contribution in [0.4, 0.5) is 0 Å². The predicted octanol–water partition coefficient (Wildman–Crippen LogP) is 3.65. The third kappa shape index (κ3) is 4.14. The summed E-state index contributed by atoms with van der Waals surface area (Å²) in [6.45, 7) is 4.34. The maximum Gasteiger partial charge on any atom is 0.243 e. The number of ether oxygens (including phenoxy) is 2. The van der Waals surface area contributed by atoms with Crippen molar-refractivity contribution in [2.45, 2.75) is 31.2 Å². The molecule has 0 aromatic heterocycles. The molecule has 2 rings (SSSR count). The minimum atomic E-state index is -3.59. The van der Waals surface area contributed by atoms with Crippen LogP contribution in [0.1, 0.15) is 30.9 Å². The highest BCUT2D eigenvalue weighted by atomic mass is 32.2. The summed E-state index contributed by atoms with van der Waals surface area (Å²) in [6, 6.07) is 12.5. The van der Waals surface area contributed by atoms with Gasteiger partial charge in [0.25, 0.3) is 0 Å². The average Bonchev–Trinajstić information content (AvgIpc) is 2.61. The van der Waals surface area contributed by atoms with E-state index in [1.165, 1.54) is 4.31 Å². The third-order valence-electron chi connectivity index (χ3n) is 4.13. The van der Waals surface area contributed by atoms with Gasteiger partial charge in [0.15, 0.2) is 11.5 Å². The third-order valence-corrected chi connectivity index (χ3v) is 5.95. The standard InChI is InChI=1S/C19H25NO4S/c1-14(2)15-9-11-17(12-10-15)25(21,22)20(3)13-16-7-6-8-18(23-4)19(16)24-5/h6-12,14H,13H2,1-5H3. The second-order valence-electron chi connectivity index (χ2n) is 6.14. The Morgan fingerprint density at radius 2 is 1.64 bits per heavy atom. The predicted molar refractivity (Wildman–Crippen MR) is 98.7 cm³/mol. The van der Waals surface area contributed by atoms with E-state index in [-0.39, 0.29) is 11.4 Å². The molecule has 0 spiro atoms. The van der Waals surface area contributed by atoms with Crippen LogP contribution in [0, 0.1) is 0 Å². The number of hydrogen-bond donors (Lipinski definition) is 0. The van der Waals surface area contributed by atoms with Gasteiger partial charge in [0.2, 0.25) is 10.0 Å². The first-order chi connectivity index (χ1) is 11.8. The molecule has 0 amide bonds. The van der Waals surface area contributed by atoms with Crippen LogP contribution in [0.25, 0.3) is 0 Å². The van der Waals surface area contributed by atoms with E-state index >= 15 is 0 Å². The Labute approximate surface area is 150 Å². The van der Waals surface area contributed by atoms with Crippen LogP contribution in [0.15, 0.2) is 47.4 Å². The van der Waals surface area contributed by atoms with Crippen molar-refractivity contribution in [3.05, 3.63) is 53.6 Å². The molecule has 25 heavy (non-hydrogen) atoms. The van der Waals surface area contributed by atoms with Crippen molar-refractivity contribution in [1.29, 1.82) is 0 Å². The summed E-state index contributed by atoms with van der Waals surface area (Å²) >= 11 is 0. The van der Waals surface area contributed by atoms with Crippen LogP contribution >= 0.6 is 0 Å². The van der Waals surface area contributed by atoms with Gasteiger partial charge in [-0.2, -0.15) is 4.31 Å². The molecule has 2 aromatic rings. The Bertz CT molecular complexity index is 814. The molecule has 0 aliphatic heterocycles. The Morgan fingerprint density at radius 1 is 1.00 bits per heavy atom. The maximum absolute atomic E-state index is 12.8. The van der Waals surface area contributed by atoms with Gasteiger partial charge in [-0.25, -0.2) is 8.42 Å². The van der Waals surface area contributed by atoms with Crippen molar-refractivity contribution in [3.8, 4) is 11.5 Å². The lowest BCUT2D eigenvalue weighted by atomic mass is 10.0. The number of rotatable bonds is 7. The van der Waals surface area contributed by atoms with Crippen LogP contribution in [-0.4, -0.2) is 34.0 Å². The van der Waals surface area contributed by atoms with E-state index < -0.39 is 10.0 Å². The molecule has 0 saturated carbocycles. The number of para-hydroxylation sites is 1. The SMILES string of the molecule is COc1cccc(CN(C)S(=O)(=O)c2ccc(C(C)C)cc2)c1OC. The molecule has 5 nitrogen and oxygen atoms in total. The summed E-state index contributed by atoms with van der Waals surface area (Å²) in [7, 11) is 1.07. The second kappa shape index (κ2) is 7.89. The molecule has 0 aliphatic carbocycles. The van der Waals surface area contributed by atoms with E-state index in [2.05, 4.69) is 13.8 Å². The van der Waals surface area contributed by atoms with E-state index in [4.69, 9.17) is 9.47 Å². The zero-order valence-corrected chi connectivity index (χ0v) is 16.1. The largest absolute Gasteiger partial charge is 0.493 e. The van der Waals surface area contributed by atoms with Gasteiger partial charge in [-0.3, -0.25) is 0 Å². The molecule has 2 aromatic carbocycles. The molecule has 0 saturated heterocycles. The molecular weight excluding hydrogens is 338 g/mol. The number of benzene rings is 2. The molecule has 0 bridgehead atoms. The first-order valence-corrected chi connectivity index (χ1v) is 9.51. The quantitative estimate of drug-likeness (QED) is 0.753. The lowest BCUT2D eigenvalue weighted by Crippen LogP contribution is -2.26. The summed E-state index contributed by atoms with van der Waals surface area (Å²) < 4.78 is 37.6. The molecule has 0 atom stereocenters. The Balaban J connectivity index is 2.29. The zero-order chi connectivity index (χ0) is 18.6. The lowest BCUT2D eigenvalue weighted by Gasteiger charge is -2.20. The van der Waals surface area contributed by atoms with Gasteiger partial charge >= 0.3 is 0 Å². The monoisotopic (exact) mass is 363 g/mol. The van der Waals surface area contributed by atoms with Crippen molar-refractivity contribution in [2.24, 2.45) is 0 Å². The Hall–Kier alpha value is -2.05. The van der Waals surface area contributed by atoms with Gasteiger partial charge in [-0.15, -0.1) is 0 Å². The molecule has 0 N–H and O–H groups in total. The molecule has 136 valence electrons. The summed E-state index contributed by atoms with van der Waals surface area (Å²) in [5.41, 5.74) is 1.85. The summed E-state index contributed by atoms with van der Waals surface area (Å²) in [6.07, 6.45) is 0. The number of hydrogen-bond acceptors (Lipinski definition) is 4. The van der Waals surface area contributed by atoms with Crippen molar-refractivity contribution in [1.82, 2.24) is 4.31 Å². The van der Waals surface area contributed by atoms with Crippen molar-refractivity contribution >= 4 is 10.0 Å². The van der Waals surface area contributed by atoms with E-state index in [0.29, 0.717) is 17.4 Å². The molecule has 0 fully saturated rings. The summed E-state index contributed by atoms with van der Waals surface area (Å²) in [5.74, 6) is 1.48. The van der Waals surface area contributed by atoms with Crippen molar-refractivity contribution in [2.75, 3.05) is 21.3 Å². The molecular formula is C19H25NO4S. The minimum absolute atomic E-state index is 0.189. The van der Waals surface area contributed by atoms with Crippen LogP contribution in [0.3, 0.4) is 0 Å². The van der Waals surface area contributed by atoms with Gasteiger partial charge in [0.1, 0.15) is 0 Å². The van der Waals surface area contributed by atoms with Crippen molar-refractivity contribution < 1.29 is 17.9 Å². The number of methoxy groups -OCH3 is 2.